The Labute approximate surface area is 112 Å². The van der Waals surface area contributed by atoms with Gasteiger partial charge < -0.3 is 20.1 Å². The van der Waals surface area contributed by atoms with E-state index >= 15 is 0 Å². The normalized spacial score (nSPS) is 25.4. The fraction of sp³-hybridized carbons (Fsp3) is 0.500. The average Bonchev–Trinajstić information content (AvgIpc) is 2.94. The predicted octanol–water partition coefficient (Wildman–Crippen LogP) is 0.776. The number of hydrogen-bond acceptors (Lipinski definition) is 4. The number of nitrogens with zero attached hydrogens (tertiary/aromatic N) is 1. The molecule has 2 N–H and O–H groups in total. The first-order valence-corrected chi connectivity index (χ1v) is 6.68. The van der Waals surface area contributed by atoms with Crippen LogP contribution in [0, 0.1) is 0 Å². The molecule has 2 aliphatic heterocycles. The number of nitrogens with two attached hydrogens (primary N) is 1. The number of carbonyl (C=O) groups is 1. The Morgan fingerprint density at radius 3 is 2.95 bits per heavy atom. The summed E-state index contributed by atoms with van der Waals surface area (Å²) in [5.41, 5.74) is 5.70. The number of ether oxygens (including phenoxy) is 2. The zero-order valence-electron chi connectivity index (χ0n) is 10.7. The van der Waals surface area contributed by atoms with Crippen molar-refractivity contribution in [2.24, 2.45) is 5.73 Å². The molecular weight excluding hydrogens is 244 g/mol. The zero-order chi connectivity index (χ0) is 13.2. The van der Waals surface area contributed by atoms with E-state index in [1.54, 1.807) is 0 Å². The van der Waals surface area contributed by atoms with E-state index < -0.39 is 6.10 Å². The van der Waals surface area contributed by atoms with Gasteiger partial charge in [-0.05, 0) is 25.0 Å². The topological polar surface area (TPSA) is 64.8 Å². The second kappa shape index (κ2) is 5.09. The van der Waals surface area contributed by atoms with Gasteiger partial charge in [0, 0.05) is 19.1 Å². The van der Waals surface area contributed by atoms with Crippen LogP contribution in [0.15, 0.2) is 24.3 Å². The molecule has 1 aromatic carbocycles. The summed E-state index contributed by atoms with van der Waals surface area (Å²) in [6, 6.07) is 7.56. The van der Waals surface area contributed by atoms with Crippen LogP contribution in [-0.4, -0.2) is 42.6 Å². The van der Waals surface area contributed by atoms with Crippen LogP contribution in [0.25, 0.3) is 0 Å². The minimum absolute atomic E-state index is 0.0116. The highest BCUT2D eigenvalue weighted by atomic mass is 16.6. The third-order valence-corrected chi connectivity index (χ3v) is 3.72. The van der Waals surface area contributed by atoms with E-state index in [2.05, 4.69) is 0 Å². The lowest BCUT2D eigenvalue weighted by molar-refractivity contribution is -0.141. The van der Waals surface area contributed by atoms with E-state index in [4.69, 9.17) is 15.2 Å². The third-order valence-electron chi connectivity index (χ3n) is 3.72. The Hall–Kier alpha value is -1.75. The molecule has 102 valence electrons. The first-order chi connectivity index (χ1) is 9.29. The molecule has 0 bridgehead atoms. The summed E-state index contributed by atoms with van der Waals surface area (Å²) in [5.74, 6) is 1.32. The molecule has 1 aromatic rings. The van der Waals surface area contributed by atoms with Gasteiger partial charge in [-0.3, -0.25) is 4.79 Å². The lowest BCUT2D eigenvalue weighted by Crippen LogP contribution is -2.49. The van der Waals surface area contributed by atoms with E-state index in [9.17, 15) is 4.79 Å². The van der Waals surface area contributed by atoms with Gasteiger partial charge in [-0.15, -0.1) is 0 Å². The van der Waals surface area contributed by atoms with E-state index in [1.165, 1.54) is 0 Å². The van der Waals surface area contributed by atoms with Gasteiger partial charge in [-0.2, -0.15) is 0 Å². The van der Waals surface area contributed by atoms with E-state index in [1.807, 2.05) is 29.2 Å². The molecule has 1 fully saturated rings. The second-order valence-corrected chi connectivity index (χ2v) is 4.93. The molecule has 0 aliphatic carbocycles. The summed E-state index contributed by atoms with van der Waals surface area (Å²) < 4.78 is 11.3. The van der Waals surface area contributed by atoms with Crippen LogP contribution in [0.4, 0.5) is 0 Å². The summed E-state index contributed by atoms with van der Waals surface area (Å²) in [4.78, 5) is 14.3. The van der Waals surface area contributed by atoms with Gasteiger partial charge in [0.1, 0.15) is 6.61 Å². The van der Waals surface area contributed by atoms with Gasteiger partial charge in [-0.25, -0.2) is 0 Å². The van der Waals surface area contributed by atoms with Crippen LogP contribution in [0.5, 0.6) is 11.5 Å². The highest BCUT2D eigenvalue weighted by molar-refractivity contribution is 5.82. The fourth-order valence-electron chi connectivity index (χ4n) is 2.70. The van der Waals surface area contributed by atoms with E-state index in [0.717, 1.165) is 19.4 Å². The molecule has 5 nitrogen and oxygen atoms in total. The molecule has 0 spiro atoms. The van der Waals surface area contributed by atoms with Crippen LogP contribution in [0.3, 0.4) is 0 Å². The first-order valence-electron chi connectivity index (χ1n) is 6.68. The number of fused-ring (bicyclic) bond motifs is 1. The number of carbonyl (C=O) groups excluding carboxylic acids is 1. The Balaban J connectivity index is 1.72. The Morgan fingerprint density at radius 1 is 1.37 bits per heavy atom. The molecule has 2 heterocycles. The zero-order valence-corrected chi connectivity index (χ0v) is 10.7. The molecule has 5 heteroatoms. The molecule has 2 atom stereocenters. The number of hydrogen-bond donors (Lipinski definition) is 1. The molecular formula is C14H18N2O3. The van der Waals surface area contributed by atoms with Gasteiger partial charge >= 0.3 is 0 Å². The lowest BCUT2D eigenvalue weighted by Gasteiger charge is -2.31. The predicted molar refractivity (Wildman–Crippen MR) is 70.1 cm³/mol. The van der Waals surface area contributed by atoms with Crippen molar-refractivity contribution in [1.29, 1.82) is 0 Å². The number of rotatable bonds is 2. The summed E-state index contributed by atoms with van der Waals surface area (Å²) in [6.45, 7) is 1.54. The van der Waals surface area contributed by atoms with Crippen LogP contribution >= 0.6 is 0 Å². The van der Waals surface area contributed by atoms with Crippen molar-refractivity contribution in [3.63, 3.8) is 0 Å². The Bertz CT molecular complexity index is 478. The fourth-order valence-corrected chi connectivity index (χ4v) is 2.70. The van der Waals surface area contributed by atoms with Crippen molar-refractivity contribution in [2.45, 2.75) is 25.0 Å². The quantitative estimate of drug-likeness (QED) is 0.855. The minimum atomic E-state index is -0.554. The van der Waals surface area contributed by atoms with E-state index in [0.29, 0.717) is 18.0 Å². The Morgan fingerprint density at radius 2 is 2.16 bits per heavy atom. The molecule has 3 rings (SSSR count). The van der Waals surface area contributed by atoms with Crippen LogP contribution in [0.1, 0.15) is 12.8 Å². The van der Waals surface area contributed by atoms with Crippen LogP contribution in [-0.2, 0) is 4.79 Å². The summed E-state index contributed by atoms with van der Waals surface area (Å²) in [7, 11) is 0. The second-order valence-electron chi connectivity index (χ2n) is 4.93. The standard InChI is InChI=1S/C14H18N2O3/c15-8-10-4-3-7-16(10)14(17)13-9-18-11-5-1-2-6-12(11)19-13/h1-2,5-6,10,13H,3-4,7-9,15H2/t10-,13-/m1/s1. The summed E-state index contributed by atoms with van der Waals surface area (Å²) in [5, 5.41) is 0. The van der Waals surface area contributed by atoms with Crippen molar-refractivity contribution in [2.75, 3.05) is 19.7 Å². The lowest BCUT2D eigenvalue weighted by atomic mass is 10.2. The maximum atomic E-state index is 12.4. The maximum absolute atomic E-state index is 12.4. The summed E-state index contributed by atoms with van der Waals surface area (Å²) in [6.07, 6.45) is 1.44. The minimum Gasteiger partial charge on any atom is -0.485 e. The van der Waals surface area contributed by atoms with Gasteiger partial charge in [0.2, 0.25) is 6.10 Å². The highest BCUT2D eigenvalue weighted by Crippen LogP contribution is 2.31. The molecule has 0 saturated carbocycles. The molecule has 0 aromatic heterocycles. The van der Waals surface area contributed by atoms with Crippen LogP contribution < -0.4 is 15.2 Å². The van der Waals surface area contributed by atoms with Gasteiger partial charge in [0.05, 0.1) is 0 Å². The molecule has 1 amide bonds. The molecule has 19 heavy (non-hydrogen) atoms. The van der Waals surface area contributed by atoms with Crippen molar-refractivity contribution >= 4 is 5.91 Å². The van der Waals surface area contributed by atoms with E-state index in [-0.39, 0.29) is 18.6 Å². The smallest absolute Gasteiger partial charge is 0.267 e. The van der Waals surface area contributed by atoms with Gasteiger partial charge in [0.25, 0.3) is 5.91 Å². The maximum Gasteiger partial charge on any atom is 0.267 e. The van der Waals surface area contributed by atoms with Crippen molar-refractivity contribution < 1.29 is 14.3 Å². The highest BCUT2D eigenvalue weighted by Gasteiger charge is 2.35. The first kappa shape index (κ1) is 12.3. The summed E-state index contributed by atoms with van der Waals surface area (Å²) >= 11 is 0. The largest absolute Gasteiger partial charge is 0.485 e. The molecule has 0 radical (unpaired) electrons. The SMILES string of the molecule is NC[C@H]1CCCN1C(=O)[C@H]1COc2ccccc2O1. The average molecular weight is 262 g/mol. The Kier molecular flexibility index (Phi) is 3.29. The van der Waals surface area contributed by atoms with Crippen LogP contribution in [0.2, 0.25) is 0 Å². The van der Waals surface area contributed by atoms with Crippen molar-refractivity contribution in [1.82, 2.24) is 4.90 Å². The molecule has 1 saturated heterocycles. The van der Waals surface area contributed by atoms with Gasteiger partial charge in [0.15, 0.2) is 11.5 Å². The van der Waals surface area contributed by atoms with Gasteiger partial charge in [-0.1, -0.05) is 12.1 Å². The number of likely N-dealkylation sites (tertiary alicyclic amines) is 1. The molecule has 0 unspecified atom stereocenters. The monoisotopic (exact) mass is 262 g/mol. The number of para-hydroxylation sites is 2. The third kappa shape index (κ3) is 2.26. The molecule has 2 aliphatic rings. The van der Waals surface area contributed by atoms with Crippen molar-refractivity contribution in [3.8, 4) is 11.5 Å². The number of benzene rings is 1. The van der Waals surface area contributed by atoms with Crippen molar-refractivity contribution in [3.05, 3.63) is 24.3 Å². The number of amides is 1.